The van der Waals surface area contributed by atoms with Gasteiger partial charge in [0.1, 0.15) is 0 Å². The van der Waals surface area contributed by atoms with E-state index < -0.39 is 5.41 Å². The number of H-pyrrole nitrogens is 3. The highest BCUT2D eigenvalue weighted by atomic mass is 79.9. The zero-order valence-corrected chi connectivity index (χ0v) is 24.7. The van der Waals surface area contributed by atoms with Crippen LogP contribution in [0.1, 0.15) is 96.2 Å². The van der Waals surface area contributed by atoms with Gasteiger partial charge in [-0.15, -0.1) is 0 Å². The van der Waals surface area contributed by atoms with Crippen molar-refractivity contribution in [2.75, 3.05) is 0 Å². The summed E-state index contributed by atoms with van der Waals surface area (Å²) in [5.41, 5.74) is 7.26. The molecule has 5 heterocycles. The molecule has 8 bridgehead atoms. The third kappa shape index (κ3) is 4.01. The Morgan fingerprint density at radius 2 is 1.39 bits per heavy atom. The molecular weight excluding hydrogens is 544 g/mol. The van der Waals surface area contributed by atoms with Crippen molar-refractivity contribution >= 4 is 49.6 Å². The van der Waals surface area contributed by atoms with E-state index in [-0.39, 0.29) is 27.9 Å². The molecule has 0 spiro atoms. The van der Waals surface area contributed by atoms with Crippen LogP contribution in [0.25, 0.3) is 22.1 Å². The number of nitrogens with one attached hydrogen (secondary N) is 3. The molecule has 0 fully saturated rings. The molecule has 3 N–H and O–H groups in total. The topological polar surface area (TPSA) is 111 Å². The fraction of sp³-hybridized carbons (Fsp3) is 0.400. The molecule has 0 aromatic carbocycles. The van der Waals surface area contributed by atoms with E-state index in [1.807, 2.05) is 39.8 Å². The van der Waals surface area contributed by atoms with E-state index >= 15 is 0 Å². The van der Waals surface area contributed by atoms with Crippen molar-refractivity contribution < 1.29 is 9.59 Å². The van der Waals surface area contributed by atoms with Crippen molar-refractivity contribution in [3.05, 3.63) is 71.9 Å². The zero-order chi connectivity index (χ0) is 27.9. The molecule has 8 heteroatoms. The second-order valence-electron chi connectivity index (χ2n) is 12.0. The highest BCUT2D eigenvalue weighted by molar-refractivity contribution is 9.10. The number of ketones is 2. The molecule has 7 nitrogen and oxygen atoms in total. The van der Waals surface area contributed by atoms with E-state index in [9.17, 15) is 14.4 Å². The highest BCUT2D eigenvalue weighted by Crippen LogP contribution is 2.37. The highest BCUT2D eigenvalue weighted by Gasteiger charge is 2.32. The Morgan fingerprint density at radius 1 is 0.842 bits per heavy atom. The second kappa shape index (κ2) is 8.63. The third-order valence-electron chi connectivity index (χ3n) is 8.02. The average Bonchev–Trinajstić information content (AvgIpc) is 3.49. The molecule has 2 aliphatic heterocycles. The maximum absolute atomic E-state index is 13.8. The number of hydrogen-bond donors (Lipinski definition) is 3. The van der Waals surface area contributed by atoms with E-state index in [0.717, 1.165) is 49.2 Å². The van der Waals surface area contributed by atoms with Crippen LogP contribution in [0.3, 0.4) is 0 Å². The summed E-state index contributed by atoms with van der Waals surface area (Å²) in [4.78, 5) is 54.4. The Kier molecular flexibility index (Phi) is 5.98. The molecule has 38 heavy (non-hydrogen) atoms. The summed E-state index contributed by atoms with van der Waals surface area (Å²) in [6.07, 6.45) is 1.15. The lowest BCUT2D eigenvalue weighted by atomic mass is 9.86. The van der Waals surface area contributed by atoms with Gasteiger partial charge in [0.15, 0.2) is 11.6 Å². The summed E-state index contributed by atoms with van der Waals surface area (Å²) >= 11 is 3.80. The van der Waals surface area contributed by atoms with Gasteiger partial charge in [0.2, 0.25) is 5.43 Å². The maximum atomic E-state index is 13.8. The Labute approximate surface area is 229 Å². The van der Waals surface area contributed by atoms with Gasteiger partial charge in [-0.2, -0.15) is 0 Å². The summed E-state index contributed by atoms with van der Waals surface area (Å²) in [6, 6.07) is 3.93. The number of Topliss-reactive ketones (excluding diaryl/α,β-unsaturated/α-hetero) is 2. The number of nitrogens with zero attached hydrogens (tertiary/aromatic N) is 1. The van der Waals surface area contributed by atoms with Crippen LogP contribution in [-0.2, 0) is 23.7 Å². The van der Waals surface area contributed by atoms with Gasteiger partial charge < -0.3 is 15.0 Å². The van der Waals surface area contributed by atoms with E-state index in [4.69, 9.17) is 4.98 Å². The number of rotatable bonds is 2. The number of carbonyl (C=O) groups is 2. The molecule has 0 aliphatic carbocycles. The number of aromatic amines is 3. The molecule has 0 amide bonds. The van der Waals surface area contributed by atoms with E-state index in [1.165, 1.54) is 6.92 Å². The van der Waals surface area contributed by atoms with Gasteiger partial charge in [-0.25, -0.2) is 0 Å². The third-order valence-corrected chi connectivity index (χ3v) is 8.89. The first-order valence-electron chi connectivity index (χ1n) is 12.8. The molecule has 0 atom stereocenters. The Hall–Kier alpha value is -3.26. The van der Waals surface area contributed by atoms with Gasteiger partial charge >= 0.3 is 0 Å². The summed E-state index contributed by atoms with van der Waals surface area (Å²) in [5, 5.41) is 0. The number of aromatic nitrogens is 4. The zero-order valence-electron chi connectivity index (χ0n) is 23.1. The molecule has 0 saturated heterocycles. The molecule has 3 aromatic rings. The monoisotopic (exact) mass is 576 g/mol. The van der Waals surface area contributed by atoms with Gasteiger partial charge in [-0.1, -0.05) is 27.7 Å². The van der Waals surface area contributed by atoms with Crippen LogP contribution in [0.4, 0.5) is 0 Å². The first-order chi connectivity index (χ1) is 17.6. The minimum atomic E-state index is -0.407. The predicted octanol–water partition coefficient (Wildman–Crippen LogP) is 6.43. The van der Waals surface area contributed by atoms with Crippen molar-refractivity contribution in [2.45, 2.75) is 79.1 Å². The quantitative estimate of drug-likeness (QED) is 0.305. The number of fused-ring (bicyclic) bond motifs is 8. The second-order valence-corrected chi connectivity index (χ2v) is 12.7. The number of aryl methyl sites for hydroxylation is 2. The average molecular weight is 578 g/mol. The van der Waals surface area contributed by atoms with Crippen molar-refractivity contribution in [2.24, 2.45) is 0 Å². The molecule has 198 valence electrons. The smallest absolute Gasteiger partial charge is 0.224 e. The van der Waals surface area contributed by atoms with Crippen molar-refractivity contribution in [1.82, 2.24) is 19.9 Å². The van der Waals surface area contributed by atoms with Crippen LogP contribution in [-0.4, -0.2) is 31.5 Å². The Balaban J connectivity index is 2.07. The SMILES string of the molecule is CC(=O)c1c(C)c2cc3nc(c(=O)c4[nH]c(cc5[nH]c(c(Br)c1[nH]2)CC5(C)C)c(C)c4C(C)=O)CC3(C)C. The van der Waals surface area contributed by atoms with Crippen LogP contribution in [0, 0.1) is 13.8 Å². The summed E-state index contributed by atoms with van der Waals surface area (Å²) in [5.74, 6) is -0.191. The van der Waals surface area contributed by atoms with Crippen molar-refractivity contribution in [3.8, 4) is 0 Å². The molecule has 2 aliphatic rings. The van der Waals surface area contributed by atoms with Crippen LogP contribution < -0.4 is 5.43 Å². The van der Waals surface area contributed by atoms with Crippen LogP contribution in [0.5, 0.6) is 0 Å². The van der Waals surface area contributed by atoms with E-state index in [2.05, 4.69) is 44.7 Å². The molecule has 3 aromatic heterocycles. The van der Waals surface area contributed by atoms with Gasteiger partial charge in [0.25, 0.3) is 0 Å². The fourth-order valence-corrected chi connectivity index (χ4v) is 6.32. The van der Waals surface area contributed by atoms with Gasteiger partial charge in [0.05, 0.1) is 21.2 Å². The minimum absolute atomic E-state index is 0.0297. The Morgan fingerprint density at radius 3 is 2.00 bits per heavy atom. The van der Waals surface area contributed by atoms with Crippen LogP contribution in [0.15, 0.2) is 21.4 Å². The largest absolute Gasteiger partial charge is 0.361 e. The lowest BCUT2D eigenvalue weighted by Gasteiger charge is -2.16. The normalized spacial score (nSPS) is 16.0. The molecule has 0 radical (unpaired) electrons. The van der Waals surface area contributed by atoms with Crippen LogP contribution >= 0.6 is 15.9 Å². The number of carbonyl (C=O) groups excluding carboxylic acids is 2. The van der Waals surface area contributed by atoms with Gasteiger partial charge in [0, 0.05) is 56.5 Å². The van der Waals surface area contributed by atoms with E-state index in [1.54, 1.807) is 6.92 Å². The molecule has 0 unspecified atom stereocenters. The number of hydrogen-bond acceptors (Lipinski definition) is 4. The lowest BCUT2D eigenvalue weighted by molar-refractivity contribution is 0.101. The molecule has 0 saturated carbocycles. The standard InChI is InChI=1S/C30H33BrN4O3/c1-13-17-9-22-30(7,8)12-20(33-22)28(38)27-24(16(4)37)14(2)18(35-27)10-21-29(5,6)11-19(32-21)25(31)26(34-17)23(13)15(3)36/h9-10,32,34-35H,11-12H2,1-8H3. The number of halogens is 1. The van der Waals surface area contributed by atoms with Crippen molar-refractivity contribution in [3.63, 3.8) is 0 Å². The predicted molar refractivity (Wildman–Crippen MR) is 154 cm³/mol. The maximum Gasteiger partial charge on any atom is 0.224 e. The molecule has 5 rings (SSSR count). The van der Waals surface area contributed by atoms with E-state index in [0.29, 0.717) is 29.7 Å². The minimum Gasteiger partial charge on any atom is -0.361 e. The van der Waals surface area contributed by atoms with Crippen LogP contribution in [0.2, 0.25) is 0 Å². The first kappa shape index (κ1) is 26.4. The first-order valence-corrected chi connectivity index (χ1v) is 13.6. The lowest BCUT2D eigenvalue weighted by Crippen LogP contribution is -2.18. The summed E-state index contributed by atoms with van der Waals surface area (Å²) in [7, 11) is 0. The summed E-state index contributed by atoms with van der Waals surface area (Å²) in [6.45, 7) is 15.2. The van der Waals surface area contributed by atoms with Gasteiger partial charge in [-0.05, 0) is 73.3 Å². The molecular formula is C30H33BrN4O3. The Bertz CT molecular complexity index is 1780. The summed E-state index contributed by atoms with van der Waals surface area (Å²) < 4.78 is 0.803. The van der Waals surface area contributed by atoms with Gasteiger partial charge in [-0.3, -0.25) is 19.4 Å². The fourth-order valence-electron chi connectivity index (χ4n) is 5.79. The van der Waals surface area contributed by atoms with Crippen molar-refractivity contribution in [1.29, 1.82) is 0 Å².